The molecule has 1 N–H and O–H groups in total. The third kappa shape index (κ3) is 3.56. The highest BCUT2D eigenvalue weighted by molar-refractivity contribution is 5.06. The third-order valence-electron chi connectivity index (χ3n) is 3.96. The Bertz CT molecular complexity index is 286. The van der Waals surface area contributed by atoms with Crippen LogP contribution in [0.5, 0.6) is 0 Å². The van der Waals surface area contributed by atoms with Crippen LogP contribution in [0, 0.1) is 0 Å². The summed E-state index contributed by atoms with van der Waals surface area (Å²) in [5.41, 5.74) is 1.37. The lowest BCUT2D eigenvalue weighted by Gasteiger charge is -2.38. The van der Waals surface area contributed by atoms with E-state index >= 15 is 0 Å². The summed E-state index contributed by atoms with van der Waals surface area (Å²) < 4.78 is 6.10. The van der Waals surface area contributed by atoms with Crippen molar-refractivity contribution >= 4 is 0 Å². The predicted molar refractivity (Wildman–Crippen MR) is 75.8 cm³/mol. The maximum absolute atomic E-state index is 6.10. The molecule has 104 valence electrons. The fraction of sp³-hybridized carbons (Fsp3) is 0.867. The highest BCUT2D eigenvalue weighted by Crippen LogP contribution is 2.24. The minimum Gasteiger partial charge on any atom is -0.373 e. The van der Waals surface area contributed by atoms with Crippen LogP contribution in [-0.4, -0.2) is 49.3 Å². The summed E-state index contributed by atoms with van der Waals surface area (Å²) in [6.07, 6.45) is 6.49. The molecule has 0 bridgehead atoms. The van der Waals surface area contributed by atoms with Crippen molar-refractivity contribution in [3.05, 3.63) is 11.6 Å². The van der Waals surface area contributed by atoms with E-state index in [2.05, 4.69) is 37.1 Å². The normalized spacial score (nSPS) is 29.9. The Hall–Kier alpha value is -0.380. The number of hydrogen-bond donors (Lipinski definition) is 1. The molecule has 3 nitrogen and oxygen atoms in total. The van der Waals surface area contributed by atoms with E-state index in [0.29, 0.717) is 18.2 Å². The minimum atomic E-state index is 0.320. The average Bonchev–Trinajstić information content (AvgIpc) is 2.81. The van der Waals surface area contributed by atoms with Gasteiger partial charge >= 0.3 is 0 Å². The summed E-state index contributed by atoms with van der Waals surface area (Å²) >= 11 is 0. The Labute approximate surface area is 112 Å². The van der Waals surface area contributed by atoms with Gasteiger partial charge in [-0.3, -0.25) is 4.90 Å². The summed E-state index contributed by atoms with van der Waals surface area (Å²) in [4.78, 5) is 2.62. The first-order valence-corrected chi connectivity index (χ1v) is 7.44. The molecule has 0 spiro atoms. The van der Waals surface area contributed by atoms with Crippen molar-refractivity contribution in [3.63, 3.8) is 0 Å². The average molecular weight is 252 g/mol. The second-order valence-electron chi connectivity index (χ2n) is 5.89. The van der Waals surface area contributed by atoms with Gasteiger partial charge in [0.2, 0.25) is 0 Å². The van der Waals surface area contributed by atoms with Crippen LogP contribution in [0.3, 0.4) is 0 Å². The van der Waals surface area contributed by atoms with Gasteiger partial charge in [0, 0.05) is 12.6 Å². The quantitative estimate of drug-likeness (QED) is 0.759. The molecule has 2 rings (SSSR count). The Morgan fingerprint density at radius 1 is 1.50 bits per heavy atom. The largest absolute Gasteiger partial charge is 0.373 e. The molecule has 3 atom stereocenters. The third-order valence-corrected chi connectivity index (χ3v) is 3.96. The molecule has 18 heavy (non-hydrogen) atoms. The molecule has 2 heterocycles. The van der Waals surface area contributed by atoms with Crippen molar-refractivity contribution in [2.24, 2.45) is 0 Å². The maximum atomic E-state index is 6.10. The number of fused-ring (bicyclic) bond motifs is 1. The molecule has 0 aromatic rings. The van der Waals surface area contributed by atoms with E-state index in [9.17, 15) is 0 Å². The molecule has 0 saturated carbocycles. The number of rotatable bonds is 5. The smallest absolute Gasteiger partial charge is 0.0891 e. The van der Waals surface area contributed by atoms with Crippen LogP contribution < -0.4 is 5.32 Å². The number of morpholine rings is 1. The molecule has 0 aromatic heterocycles. The second kappa shape index (κ2) is 6.69. The molecule has 0 aromatic carbocycles. The van der Waals surface area contributed by atoms with Crippen LogP contribution >= 0.6 is 0 Å². The second-order valence-corrected chi connectivity index (χ2v) is 5.89. The van der Waals surface area contributed by atoms with Crippen molar-refractivity contribution in [1.29, 1.82) is 0 Å². The molecule has 0 aliphatic carbocycles. The molecule has 2 fully saturated rings. The van der Waals surface area contributed by atoms with Crippen molar-refractivity contribution in [1.82, 2.24) is 10.2 Å². The monoisotopic (exact) mass is 252 g/mol. The SMILES string of the molecule is CCCNC(C=C(C)C)C1CN2CCCC2CO1. The predicted octanol–water partition coefficient (Wildman–Crippen LogP) is 2.18. The summed E-state index contributed by atoms with van der Waals surface area (Å²) in [5, 5.41) is 3.62. The first kappa shape index (κ1) is 14.0. The van der Waals surface area contributed by atoms with Gasteiger partial charge in [-0.05, 0) is 46.2 Å². The Kier molecular flexibility index (Phi) is 5.22. The highest BCUT2D eigenvalue weighted by Gasteiger charge is 2.34. The number of allylic oxidation sites excluding steroid dienone is 1. The molecule has 3 unspecified atom stereocenters. The van der Waals surface area contributed by atoms with Gasteiger partial charge in [-0.2, -0.15) is 0 Å². The maximum Gasteiger partial charge on any atom is 0.0891 e. The van der Waals surface area contributed by atoms with Crippen molar-refractivity contribution < 1.29 is 4.74 Å². The summed E-state index contributed by atoms with van der Waals surface area (Å²) in [6.45, 7) is 10.9. The van der Waals surface area contributed by atoms with Gasteiger partial charge in [-0.25, -0.2) is 0 Å². The van der Waals surface area contributed by atoms with E-state index in [4.69, 9.17) is 4.74 Å². The molecule has 3 heteroatoms. The first-order valence-electron chi connectivity index (χ1n) is 7.44. The van der Waals surface area contributed by atoms with E-state index in [1.807, 2.05) is 0 Å². The Balaban J connectivity index is 1.95. The van der Waals surface area contributed by atoms with E-state index in [-0.39, 0.29) is 0 Å². The molecule has 2 aliphatic rings. The van der Waals surface area contributed by atoms with Gasteiger partial charge in [0.15, 0.2) is 0 Å². The fourth-order valence-electron chi connectivity index (χ4n) is 3.03. The molecule has 0 radical (unpaired) electrons. The molecular formula is C15H28N2O. The molecule has 2 aliphatic heterocycles. The molecule has 0 amide bonds. The van der Waals surface area contributed by atoms with Crippen molar-refractivity contribution in [3.8, 4) is 0 Å². The summed E-state index contributed by atoms with van der Waals surface area (Å²) in [6, 6.07) is 1.07. The van der Waals surface area contributed by atoms with Crippen molar-refractivity contribution in [2.75, 3.05) is 26.2 Å². The highest BCUT2D eigenvalue weighted by atomic mass is 16.5. The Morgan fingerprint density at radius 3 is 3.06 bits per heavy atom. The lowest BCUT2D eigenvalue weighted by atomic mass is 10.0. The van der Waals surface area contributed by atoms with Gasteiger partial charge in [0.25, 0.3) is 0 Å². The van der Waals surface area contributed by atoms with Gasteiger partial charge in [-0.15, -0.1) is 0 Å². The minimum absolute atomic E-state index is 0.320. The number of hydrogen-bond acceptors (Lipinski definition) is 3. The Morgan fingerprint density at radius 2 is 2.33 bits per heavy atom. The van der Waals surface area contributed by atoms with Gasteiger partial charge in [0.05, 0.1) is 18.8 Å². The number of nitrogens with zero attached hydrogens (tertiary/aromatic N) is 1. The lowest BCUT2D eigenvalue weighted by molar-refractivity contribution is -0.0576. The summed E-state index contributed by atoms with van der Waals surface area (Å²) in [7, 11) is 0. The van der Waals surface area contributed by atoms with Gasteiger partial charge in [0.1, 0.15) is 0 Å². The van der Waals surface area contributed by atoms with Crippen LogP contribution in [0.15, 0.2) is 11.6 Å². The number of ether oxygens (including phenoxy) is 1. The van der Waals surface area contributed by atoms with E-state index in [1.165, 1.54) is 31.4 Å². The van der Waals surface area contributed by atoms with Crippen LogP contribution in [0.25, 0.3) is 0 Å². The van der Waals surface area contributed by atoms with E-state index in [0.717, 1.165) is 19.7 Å². The van der Waals surface area contributed by atoms with E-state index in [1.54, 1.807) is 0 Å². The number of nitrogens with one attached hydrogen (secondary N) is 1. The summed E-state index contributed by atoms with van der Waals surface area (Å²) in [5.74, 6) is 0. The van der Waals surface area contributed by atoms with Crippen molar-refractivity contribution in [2.45, 2.75) is 58.2 Å². The molecular weight excluding hydrogens is 224 g/mol. The zero-order valence-electron chi connectivity index (χ0n) is 12.1. The van der Waals surface area contributed by atoms with Crippen LogP contribution in [0.1, 0.15) is 40.0 Å². The zero-order chi connectivity index (χ0) is 13.0. The zero-order valence-corrected chi connectivity index (χ0v) is 12.1. The van der Waals surface area contributed by atoms with Gasteiger partial charge in [-0.1, -0.05) is 18.6 Å². The standard InChI is InChI=1S/C15H28N2O/c1-4-7-16-14(9-12(2)3)15-10-17-8-5-6-13(17)11-18-15/h9,13-16H,4-8,10-11H2,1-3H3. The first-order chi connectivity index (χ1) is 8.70. The lowest BCUT2D eigenvalue weighted by Crippen LogP contribution is -2.53. The topological polar surface area (TPSA) is 24.5 Å². The fourth-order valence-corrected chi connectivity index (χ4v) is 3.03. The van der Waals surface area contributed by atoms with Gasteiger partial charge < -0.3 is 10.1 Å². The van der Waals surface area contributed by atoms with E-state index < -0.39 is 0 Å². The van der Waals surface area contributed by atoms with Crippen LogP contribution in [0.2, 0.25) is 0 Å². The van der Waals surface area contributed by atoms with Crippen LogP contribution in [0.4, 0.5) is 0 Å². The molecule has 2 saturated heterocycles. The van der Waals surface area contributed by atoms with Crippen LogP contribution in [-0.2, 0) is 4.74 Å².